The van der Waals surface area contributed by atoms with Gasteiger partial charge < -0.3 is 14.2 Å². The van der Waals surface area contributed by atoms with E-state index in [1.165, 1.54) is 77.0 Å². The van der Waals surface area contributed by atoms with E-state index in [1.54, 1.807) is 18.2 Å². The largest absolute Gasteiger partial charge is 0.464 e. The molecule has 0 aliphatic heterocycles. The van der Waals surface area contributed by atoms with Gasteiger partial charge in [-0.25, -0.2) is 28.1 Å². The second-order valence-corrected chi connectivity index (χ2v) is 14.7. The Balaban J connectivity index is 2.82. The Bertz CT molecular complexity index is 1300. The van der Waals surface area contributed by atoms with E-state index >= 15 is 0 Å². The lowest BCUT2D eigenvalue weighted by Crippen LogP contribution is -2.55. The van der Waals surface area contributed by atoms with Crippen LogP contribution >= 0.6 is 0 Å². The summed E-state index contributed by atoms with van der Waals surface area (Å²) in [6.45, 7) is 4.88. The summed E-state index contributed by atoms with van der Waals surface area (Å²) >= 11 is 0. The molecule has 0 atom stereocenters. The van der Waals surface area contributed by atoms with Crippen LogP contribution in [0.25, 0.3) is 0 Å². The zero-order chi connectivity index (χ0) is 41.8. The number of ether oxygens (including phenoxy) is 3. The number of unbranched alkanes of at least 4 members (excludes halogenated alkanes) is 18. The fourth-order valence-corrected chi connectivity index (χ4v) is 6.21. The molecule has 0 unspecified atom stereocenters. The van der Waals surface area contributed by atoms with Gasteiger partial charge in [-0.3, -0.25) is 14.4 Å². The van der Waals surface area contributed by atoms with Crippen LogP contribution in [0.15, 0.2) is 50.8 Å². The van der Waals surface area contributed by atoms with Crippen molar-refractivity contribution in [1.82, 2.24) is 13.7 Å². The molecule has 12 heteroatoms. The number of carbonyl (C=O) groups is 3. The van der Waals surface area contributed by atoms with Crippen molar-refractivity contribution in [3.63, 3.8) is 0 Å². The minimum absolute atomic E-state index is 0.0632. The average molecular weight is 802 g/mol. The summed E-state index contributed by atoms with van der Waals surface area (Å²) in [5, 5.41) is 0. The molecular formula is C45H75N3O9. The minimum atomic E-state index is -0.918. The van der Waals surface area contributed by atoms with Crippen molar-refractivity contribution >= 4 is 17.9 Å². The summed E-state index contributed by atoms with van der Waals surface area (Å²) in [6, 6.07) is 0. The van der Waals surface area contributed by atoms with Crippen molar-refractivity contribution in [3.8, 4) is 0 Å². The third-order valence-corrected chi connectivity index (χ3v) is 9.65. The van der Waals surface area contributed by atoms with E-state index in [1.807, 2.05) is 18.2 Å². The Morgan fingerprint density at radius 1 is 0.386 bits per heavy atom. The maximum absolute atomic E-state index is 13.4. The molecule has 57 heavy (non-hydrogen) atoms. The molecule has 0 amide bonds. The van der Waals surface area contributed by atoms with E-state index in [0.717, 1.165) is 71.5 Å². The summed E-state index contributed by atoms with van der Waals surface area (Å²) in [4.78, 5) is 77.2. The lowest BCUT2D eigenvalue weighted by Gasteiger charge is -2.14. The van der Waals surface area contributed by atoms with Crippen molar-refractivity contribution in [2.75, 3.05) is 19.8 Å². The molecule has 0 aliphatic carbocycles. The molecule has 0 radical (unpaired) electrons. The van der Waals surface area contributed by atoms with Gasteiger partial charge in [0, 0.05) is 0 Å². The van der Waals surface area contributed by atoms with E-state index in [0.29, 0.717) is 0 Å². The van der Waals surface area contributed by atoms with Crippen molar-refractivity contribution in [2.45, 2.75) is 195 Å². The number of hydrogen-bond donors (Lipinski definition) is 0. The van der Waals surface area contributed by atoms with Gasteiger partial charge in [0.25, 0.3) is 0 Å². The molecule has 1 heterocycles. The number of rotatable bonds is 36. The number of esters is 3. The summed E-state index contributed by atoms with van der Waals surface area (Å²) in [5.41, 5.74) is -2.75. The smallest absolute Gasteiger partial charge is 0.336 e. The summed E-state index contributed by atoms with van der Waals surface area (Å²) in [6.07, 6.45) is 35.4. The SMILES string of the molecule is CCCCCCCC/C=C/CC(=O)OCCn1c(=O)n(CCOC(=O)C/C=C/CCCCCCCC)c(=O)n(CCOC(=O)C/C=C/CCCCCCCC)c1=O. The first-order valence-corrected chi connectivity index (χ1v) is 22.1. The van der Waals surface area contributed by atoms with Crippen LogP contribution in [0.3, 0.4) is 0 Å². The first-order valence-electron chi connectivity index (χ1n) is 22.1. The normalized spacial score (nSPS) is 11.6. The molecule has 12 nitrogen and oxygen atoms in total. The van der Waals surface area contributed by atoms with Crippen LogP contribution in [0.2, 0.25) is 0 Å². The molecule has 1 rings (SSSR count). The first kappa shape index (κ1) is 51.1. The highest BCUT2D eigenvalue weighted by atomic mass is 16.5. The maximum Gasteiger partial charge on any atom is 0.336 e. The molecule has 324 valence electrons. The highest BCUT2D eigenvalue weighted by molar-refractivity contribution is 5.71. The maximum atomic E-state index is 13.4. The molecule has 1 aromatic heterocycles. The number of nitrogens with zero attached hydrogens (tertiary/aromatic N) is 3. The number of allylic oxidation sites excluding steroid dienone is 3. The average Bonchev–Trinajstić information content (AvgIpc) is 3.19. The van der Waals surface area contributed by atoms with Crippen molar-refractivity contribution in [1.29, 1.82) is 0 Å². The fraction of sp³-hybridized carbons (Fsp3) is 0.733. The summed E-state index contributed by atoms with van der Waals surface area (Å²) in [7, 11) is 0. The van der Waals surface area contributed by atoms with Crippen LogP contribution in [0, 0.1) is 0 Å². The van der Waals surface area contributed by atoms with E-state index < -0.39 is 35.0 Å². The van der Waals surface area contributed by atoms with E-state index in [4.69, 9.17) is 14.2 Å². The molecule has 0 N–H and O–H groups in total. The zero-order valence-corrected chi connectivity index (χ0v) is 35.7. The molecule has 0 fully saturated rings. The third kappa shape index (κ3) is 25.8. The highest BCUT2D eigenvalue weighted by Gasteiger charge is 2.17. The number of carbonyl (C=O) groups excluding carboxylic acids is 3. The van der Waals surface area contributed by atoms with Gasteiger partial charge >= 0.3 is 35.0 Å². The Morgan fingerprint density at radius 2 is 0.632 bits per heavy atom. The predicted molar refractivity (Wildman–Crippen MR) is 227 cm³/mol. The second kappa shape index (κ2) is 35.2. The van der Waals surface area contributed by atoms with Gasteiger partial charge in [0.05, 0.1) is 38.9 Å². The van der Waals surface area contributed by atoms with Crippen LogP contribution in [-0.4, -0.2) is 51.4 Å². The Morgan fingerprint density at radius 3 is 0.895 bits per heavy atom. The number of hydrogen-bond acceptors (Lipinski definition) is 9. The molecular weight excluding hydrogens is 727 g/mol. The standard InChI is InChI=1S/C45H75N3O9/c1-4-7-10-13-16-19-22-25-28-31-40(49)55-37-34-46-43(52)47(35-38-56-41(50)32-29-26-23-20-17-14-11-8-5-2)45(54)48(44(46)53)36-39-57-42(51)33-30-27-24-21-18-15-12-9-6-3/h25-30H,4-24,31-39H2,1-3H3/b28-25+,29-26+,30-27+. The van der Waals surface area contributed by atoms with Gasteiger partial charge in [0.15, 0.2) is 0 Å². The molecule has 0 saturated heterocycles. The molecule has 0 aromatic carbocycles. The summed E-state index contributed by atoms with van der Waals surface area (Å²) < 4.78 is 18.3. The molecule has 0 aliphatic rings. The third-order valence-electron chi connectivity index (χ3n) is 9.65. The Kier molecular flexibility index (Phi) is 31.6. The van der Waals surface area contributed by atoms with Crippen LogP contribution in [-0.2, 0) is 48.2 Å². The van der Waals surface area contributed by atoms with Crippen LogP contribution < -0.4 is 17.1 Å². The van der Waals surface area contributed by atoms with Crippen LogP contribution in [0.4, 0.5) is 0 Å². The molecule has 0 spiro atoms. The van der Waals surface area contributed by atoms with Crippen molar-refractivity contribution < 1.29 is 28.6 Å². The Labute approximate surface area is 341 Å². The van der Waals surface area contributed by atoms with Crippen molar-refractivity contribution in [3.05, 3.63) is 67.9 Å². The number of aromatic nitrogens is 3. The van der Waals surface area contributed by atoms with Gasteiger partial charge in [0.2, 0.25) is 0 Å². The minimum Gasteiger partial charge on any atom is -0.464 e. The van der Waals surface area contributed by atoms with Gasteiger partial charge in [-0.2, -0.15) is 0 Å². The van der Waals surface area contributed by atoms with Gasteiger partial charge in [-0.15, -0.1) is 0 Å². The summed E-state index contributed by atoms with van der Waals surface area (Å²) in [5.74, 6) is -1.51. The first-order chi connectivity index (χ1) is 27.8. The highest BCUT2D eigenvalue weighted by Crippen LogP contribution is 2.09. The van der Waals surface area contributed by atoms with E-state index in [-0.39, 0.29) is 58.7 Å². The van der Waals surface area contributed by atoms with Crippen molar-refractivity contribution in [2.24, 2.45) is 0 Å². The monoisotopic (exact) mass is 802 g/mol. The molecule has 0 saturated carbocycles. The van der Waals surface area contributed by atoms with Crippen LogP contribution in [0.5, 0.6) is 0 Å². The van der Waals surface area contributed by atoms with E-state index in [9.17, 15) is 28.8 Å². The lowest BCUT2D eigenvalue weighted by molar-refractivity contribution is -0.143. The quantitative estimate of drug-likeness (QED) is 0.0281. The fourth-order valence-electron chi connectivity index (χ4n) is 6.21. The van der Waals surface area contributed by atoms with Gasteiger partial charge in [-0.1, -0.05) is 154 Å². The topological polar surface area (TPSA) is 145 Å². The predicted octanol–water partition coefficient (Wildman–Crippen LogP) is 8.89. The Hall–Kier alpha value is -3.96. The zero-order valence-electron chi connectivity index (χ0n) is 35.7. The van der Waals surface area contributed by atoms with E-state index in [2.05, 4.69) is 20.8 Å². The van der Waals surface area contributed by atoms with Crippen LogP contribution in [0.1, 0.15) is 175 Å². The van der Waals surface area contributed by atoms with Gasteiger partial charge in [-0.05, 0) is 38.5 Å². The van der Waals surface area contributed by atoms with Gasteiger partial charge in [0.1, 0.15) is 19.8 Å². The molecule has 0 bridgehead atoms. The lowest BCUT2D eigenvalue weighted by atomic mass is 10.1. The second-order valence-electron chi connectivity index (χ2n) is 14.7. The molecule has 1 aromatic rings.